The maximum absolute atomic E-state index is 14.5. The summed E-state index contributed by atoms with van der Waals surface area (Å²) in [5, 5.41) is 11.9. The molecule has 0 unspecified atom stereocenters. The number of halogens is 2. The normalized spacial score (nSPS) is 21.2. The minimum absolute atomic E-state index is 0.0537. The molecule has 2 saturated heterocycles. The van der Waals surface area contributed by atoms with Crippen molar-refractivity contribution in [2.45, 2.75) is 50.1 Å². The molecule has 1 atom stereocenters. The molecule has 5 aliphatic rings. The molecule has 7 heterocycles. The van der Waals surface area contributed by atoms with Crippen LogP contribution >= 0.6 is 22.9 Å². The van der Waals surface area contributed by atoms with Gasteiger partial charge in [0.2, 0.25) is 0 Å². The Bertz CT molecular complexity index is 2500. The third kappa shape index (κ3) is 4.48. The second kappa shape index (κ2) is 11.2. The Morgan fingerprint density at radius 3 is 2.80 bits per heavy atom. The predicted octanol–water partition coefficient (Wildman–Crippen LogP) is 7.46. The van der Waals surface area contributed by atoms with Crippen LogP contribution in [0.15, 0.2) is 63.9 Å². The molecule has 1 spiro atoms. The topological polar surface area (TPSA) is 126 Å². The van der Waals surface area contributed by atoms with Crippen LogP contribution in [0.3, 0.4) is 0 Å². The fourth-order valence-corrected chi connectivity index (χ4v) is 10.3. The van der Waals surface area contributed by atoms with Crippen LogP contribution in [0, 0.1) is 11.7 Å². The highest BCUT2D eigenvalue weighted by Crippen LogP contribution is 2.63. The number of hydrogen-bond donors (Lipinski definition) is 2. The van der Waals surface area contributed by atoms with Gasteiger partial charge in [0.15, 0.2) is 11.6 Å². The van der Waals surface area contributed by atoms with Gasteiger partial charge in [-0.1, -0.05) is 35.9 Å². The number of nitrogens with one attached hydrogen (secondary N) is 2. The van der Waals surface area contributed by atoms with Crippen LogP contribution in [0.25, 0.3) is 32.0 Å². The number of anilines is 1. The van der Waals surface area contributed by atoms with Crippen molar-refractivity contribution in [2.24, 2.45) is 5.92 Å². The van der Waals surface area contributed by atoms with Gasteiger partial charge in [0.1, 0.15) is 5.82 Å². The number of carbonyl (C=O) groups is 1. The molecule has 256 valence electrons. The van der Waals surface area contributed by atoms with Gasteiger partial charge in [-0.15, -0.1) is 16.4 Å². The number of nitrogens with zero attached hydrogens (tertiary/aromatic N) is 4. The van der Waals surface area contributed by atoms with E-state index in [1.54, 1.807) is 6.20 Å². The van der Waals surface area contributed by atoms with Gasteiger partial charge in [0.25, 0.3) is 11.8 Å². The Balaban J connectivity index is 1.15. The van der Waals surface area contributed by atoms with Gasteiger partial charge < -0.3 is 19.4 Å². The summed E-state index contributed by atoms with van der Waals surface area (Å²) in [6.45, 7) is 0.707. The number of aromatic amines is 1. The van der Waals surface area contributed by atoms with Gasteiger partial charge in [-0.05, 0) is 85.2 Å². The lowest BCUT2D eigenvalue weighted by Gasteiger charge is -2.37. The monoisotopic (exact) mass is 720 g/mol. The van der Waals surface area contributed by atoms with Gasteiger partial charge in [-0.2, -0.15) is 0 Å². The largest absolute Gasteiger partial charge is 0.493 e. The quantitative estimate of drug-likeness (QED) is 0.166. The Kier molecular flexibility index (Phi) is 6.76. The van der Waals surface area contributed by atoms with Crippen molar-refractivity contribution < 1.29 is 18.3 Å². The third-order valence-electron chi connectivity index (χ3n) is 11.1. The average molecular weight is 721 g/mol. The summed E-state index contributed by atoms with van der Waals surface area (Å²) in [4.78, 5) is 39.7. The van der Waals surface area contributed by atoms with Crippen molar-refractivity contribution in [3.05, 3.63) is 110 Å². The zero-order valence-corrected chi connectivity index (χ0v) is 29.0. The molecule has 2 aromatic carbocycles. The van der Waals surface area contributed by atoms with E-state index in [9.17, 15) is 14.0 Å². The van der Waals surface area contributed by atoms with Crippen LogP contribution in [0.2, 0.25) is 5.02 Å². The molecule has 3 fully saturated rings. The number of ether oxygens (including phenoxy) is 1. The van der Waals surface area contributed by atoms with Crippen molar-refractivity contribution in [3.8, 4) is 27.6 Å². The first-order chi connectivity index (χ1) is 24.8. The molecule has 10 nitrogen and oxygen atoms in total. The van der Waals surface area contributed by atoms with E-state index in [1.165, 1.54) is 24.5 Å². The molecule has 11 rings (SSSR count). The Morgan fingerprint density at radius 1 is 1.14 bits per heavy atom. The Hall–Kier alpha value is -5.07. The molecule has 13 heteroatoms. The van der Waals surface area contributed by atoms with Gasteiger partial charge in [-0.25, -0.2) is 19.3 Å². The Labute approximate surface area is 299 Å². The summed E-state index contributed by atoms with van der Waals surface area (Å²) in [6, 6.07) is 14.9. The zero-order chi connectivity index (χ0) is 34.6. The fraction of sp³-hybridized carbons (Fsp3) is 0.289. The number of fused-ring (bicyclic) bond motifs is 3. The lowest BCUT2D eigenvalue weighted by molar-refractivity contribution is 0.0637. The maximum atomic E-state index is 14.5. The van der Waals surface area contributed by atoms with E-state index >= 15 is 0 Å². The number of H-pyrrole nitrogens is 1. The lowest BCUT2D eigenvalue weighted by atomic mass is 9.71. The SMILES string of the molecule is COc1c(F)ccc2c1CC[C@H]2Nc1nccc2cc(-c3c4c(nc(CCc5ccccc5Cl)c3-c3n[nH]c(=O)o3)C35CC(CN3C4=O)C5)sc12. The van der Waals surface area contributed by atoms with Crippen LogP contribution in [-0.4, -0.2) is 44.6 Å². The first-order valence-electron chi connectivity index (χ1n) is 17.0. The molecule has 2 N–H and O–H groups in total. The van der Waals surface area contributed by atoms with Crippen LogP contribution in [0.5, 0.6) is 5.75 Å². The van der Waals surface area contributed by atoms with E-state index in [0.717, 1.165) is 56.6 Å². The van der Waals surface area contributed by atoms with Gasteiger partial charge in [0.05, 0.1) is 45.9 Å². The van der Waals surface area contributed by atoms with Crippen molar-refractivity contribution in [3.63, 3.8) is 0 Å². The number of amides is 1. The highest BCUT2D eigenvalue weighted by molar-refractivity contribution is 7.23. The third-order valence-corrected chi connectivity index (χ3v) is 12.7. The van der Waals surface area contributed by atoms with Crippen molar-refractivity contribution in [1.82, 2.24) is 25.1 Å². The summed E-state index contributed by atoms with van der Waals surface area (Å²) in [6.07, 6.45) is 6.04. The van der Waals surface area contributed by atoms with Crippen LogP contribution < -0.4 is 15.8 Å². The maximum Gasteiger partial charge on any atom is 0.434 e. The number of carbonyl (C=O) groups excluding carboxylic acids is 1. The van der Waals surface area contributed by atoms with Gasteiger partial charge in [-0.3, -0.25) is 9.78 Å². The first kappa shape index (κ1) is 30.7. The standard InChI is InChI=1S/C38H30ClFN6O4S/c1-49-31-22-8-11-25(21(22)7-9-24(31)40)43-34-32-20(12-13-41-34)14-27(51-32)29-28(35-44-45-37(48)50-35)26(10-6-19-4-2-3-5-23(19)39)42-33-30(29)36(47)46-17-18-15-38(33,46)16-18/h2-5,7,9,12-14,18,25H,6,8,10-11,15-17H2,1H3,(H,41,43)(H,45,48)/t18?,25-,38?/m1/s1. The second-order valence-corrected chi connectivity index (χ2v) is 15.3. The summed E-state index contributed by atoms with van der Waals surface area (Å²) in [5.41, 5.74) is 5.62. The van der Waals surface area contributed by atoms with E-state index in [2.05, 4.69) is 21.6 Å². The number of aryl methyl sites for hydroxylation is 2. The van der Waals surface area contributed by atoms with Crippen LogP contribution in [0.1, 0.15) is 63.7 Å². The number of pyridine rings is 2. The molecule has 3 aliphatic heterocycles. The van der Waals surface area contributed by atoms with Crippen LogP contribution in [-0.2, 0) is 24.8 Å². The molecular formula is C38H30ClFN6O4S. The number of methoxy groups -OCH3 is 1. The van der Waals surface area contributed by atoms with Crippen molar-refractivity contribution >= 4 is 44.7 Å². The fourth-order valence-electron chi connectivity index (χ4n) is 8.91. The number of aromatic nitrogens is 4. The molecule has 2 aliphatic carbocycles. The number of rotatable bonds is 8. The molecule has 1 saturated carbocycles. The number of benzene rings is 2. The molecule has 2 bridgehead atoms. The molecule has 0 radical (unpaired) electrons. The summed E-state index contributed by atoms with van der Waals surface area (Å²) >= 11 is 8.09. The average Bonchev–Trinajstić information content (AvgIpc) is 3.96. The van der Waals surface area contributed by atoms with E-state index < -0.39 is 11.3 Å². The zero-order valence-electron chi connectivity index (χ0n) is 27.4. The summed E-state index contributed by atoms with van der Waals surface area (Å²) < 4.78 is 26.5. The minimum Gasteiger partial charge on any atom is -0.493 e. The predicted molar refractivity (Wildman–Crippen MR) is 191 cm³/mol. The molecular weight excluding hydrogens is 691 g/mol. The first-order valence-corrected chi connectivity index (χ1v) is 18.2. The molecule has 4 aromatic heterocycles. The van der Waals surface area contributed by atoms with E-state index in [0.29, 0.717) is 70.7 Å². The van der Waals surface area contributed by atoms with Gasteiger partial charge >= 0.3 is 5.76 Å². The van der Waals surface area contributed by atoms with E-state index in [4.69, 9.17) is 30.7 Å². The highest BCUT2D eigenvalue weighted by Gasteiger charge is 2.65. The van der Waals surface area contributed by atoms with E-state index in [1.807, 2.05) is 41.3 Å². The summed E-state index contributed by atoms with van der Waals surface area (Å²) in [7, 11) is 1.49. The summed E-state index contributed by atoms with van der Waals surface area (Å²) in [5.74, 6) is 0.424. The molecule has 51 heavy (non-hydrogen) atoms. The highest BCUT2D eigenvalue weighted by atomic mass is 35.5. The number of thiophene rings is 1. The van der Waals surface area contributed by atoms with Gasteiger partial charge in [0, 0.05) is 33.8 Å². The number of hydrogen-bond acceptors (Lipinski definition) is 9. The minimum atomic E-state index is -0.693. The van der Waals surface area contributed by atoms with Crippen molar-refractivity contribution in [2.75, 3.05) is 19.0 Å². The van der Waals surface area contributed by atoms with E-state index in [-0.39, 0.29) is 23.7 Å². The molecule has 1 amide bonds. The second-order valence-electron chi connectivity index (χ2n) is 13.8. The molecule has 6 aromatic rings. The smallest absolute Gasteiger partial charge is 0.434 e. The van der Waals surface area contributed by atoms with Crippen molar-refractivity contribution in [1.29, 1.82) is 0 Å². The Morgan fingerprint density at radius 2 is 2.00 bits per heavy atom. The van der Waals surface area contributed by atoms with Crippen LogP contribution in [0.4, 0.5) is 10.2 Å². The lowest BCUT2D eigenvalue weighted by Crippen LogP contribution is -2.40.